The summed E-state index contributed by atoms with van der Waals surface area (Å²) in [4.78, 5) is 11.6. The molecule has 7 heteroatoms. The van der Waals surface area contributed by atoms with Crippen molar-refractivity contribution >= 4 is 5.91 Å². The van der Waals surface area contributed by atoms with Crippen LogP contribution in [0.5, 0.6) is 11.5 Å². The molecule has 0 radical (unpaired) electrons. The van der Waals surface area contributed by atoms with Gasteiger partial charge in [-0.05, 0) is 48.9 Å². The van der Waals surface area contributed by atoms with E-state index >= 15 is 0 Å². The standard InChI is InChI=1S/C18H18F3NO3/c1-13-3-2-4-16(11-13)24-10-9-22-17(23)12-25-15-7-5-14(6-8-15)18(19,20)21/h2-8,11H,9-10,12H2,1H3,(H,22,23). The molecule has 2 aromatic rings. The minimum atomic E-state index is -4.40. The average molecular weight is 353 g/mol. The first-order valence-electron chi connectivity index (χ1n) is 7.61. The van der Waals surface area contributed by atoms with E-state index in [0.717, 1.165) is 23.4 Å². The monoisotopic (exact) mass is 353 g/mol. The van der Waals surface area contributed by atoms with Gasteiger partial charge in [0, 0.05) is 0 Å². The van der Waals surface area contributed by atoms with Crippen molar-refractivity contribution in [3.05, 3.63) is 59.7 Å². The van der Waals surface area contributed by atoms with Crippen molar-refractivity contribution in [3.8, 4) is 11.5 Å². The van der Waals surface area contributed by atoms with E-state index < -0.39 is 11.7 Å². The van der Waals surface area contributed by atoms with Crippen LogP contribution >= 0.6 is 0 Å². The molecule has 2 aromatic carbocycles. The second-order valence-corrected chi connectivity index (χ2v) is 5.33. The van der Waals surface area contributed by atoms with Crippen molar-refractivity contribution in [2.75, 3.05) is 19.8 Å². The number of hydrogen-bond donors (Lipinski definition) is 1. The molecule has 25 heavy (non-hydrogen) atoms. The molecular formula is C18H18F3NO3. The molecule has 0 bridgehead atoms. The number of benzene rings is 2. The normalized spacial score (nSPS) is 11.0. The quantitative estimate of drug-likeness (QED) is 0.774. The number of carbonyl (C=O) groups excluding carboxylic acids is 1. The van der Waals surface area contributed by atoms with Crippen LogP contribution in [0.1, 0.15) is 11.1 Å². The van der Waals surface area contributed by atoms with E-state index in [4.69, 9.17) is 9.47 Å². The third kappa shape index (κ3) is 6.37. The van der Waals surface area contributed by atoms with Crippen LogP contribution in [0.25, 0.3) is 0 Å². The molecule has 0 atom stereocenters. The Bertz CT molecular complexity index is 699. The van der Waals surface area contributed by atoms with Gasteiger partial charge in [0.2, 0.25) is 0 Å². The van der Waals surface area contributed by atoms with Crippen molar-refractivity contribution < 1.29 is 27.4 Å². The number of nitrogens with one attached hydrogen (secondary N) is 1. The van der Waals surface area contributed by atoms with Crippen LogP contribution in [-0.2, 0) is 11.0 Å². The largest absolute Gasteiger partial charge is 0.492 e. The van der Waals surface area contributed by atoms with Crippen LogP contribution < -0.4 is 14.8 Å². The fraction of sp³-hybridized carbons (Fsp3) is 0.278. The summed E-state index contributed by atoms with van der Waals surface area (Å²) >= 11 is 0. The summed E-state index contributed by atoms with van der Waals surface area (Å²) in [5, 5.41) is 2.60. The van der Waals surface area contributed by atoms with E-state index in [0.29, 0.717) is 13.2 Å². The Morgan fingerprint density at radius 3 is 2.40 bits per heavy atom. The van der Waals surface area contributed by atoms with Gasteiger partial charge in [-0.3, -0.25) is 4.79 Å². The van der Waals surface area contributed by atoms with Gasteiger partial charge in [0.25, 0.3) is 5.91 Å². The molecule has 0 aliphatic heterocycles. The molecule has 134 valence electrons. The maximum atomic E-state index is 12.4. The molecule has 0 spiro atoms. The maximum absolute atomic E-state index is 12.4. The van der Waals surface area contributed by atoms with Crippen molar-refractivity contribution in [1.29, 1.82) is 0 Å². The highest BCUT2D eigenvalue weighted by atomic mass is 19.4. The second kappa shape index (κ2) is 8.41. The highest BCUT2D eigenvalue weighted by Gasteiger charge is 2.30. The number of amides is 1. The minimum absolute atomic E-state index is 0.194. The number of hydrogen-bond acceptors (Lipinski definition) is 3. The lowest BCUT2D eigenvalue weighted by Gasteiger charge is -2.10. The van der Waals surface area contributed by atoms with Crippen molar-refractivity contribution in [2.24, 2.45) is 0 Å². The molecule has 0 unspecified atom stereocenters. The lowest BCUT2D eigenvalue weighted by molar-refractivity contribution is -0.137. The zero-order valence-electron chi connectivity index (χ0n) is 13.6. The molecule has 0 aromatic heterocycles. The molecule has 1 amide bonds. The minimum Gasteiger partial charge on any atom is -0.492 e. The molecule has 0 saturated carbocycles. The molecule has 0 aliphatic carbocycles. The Morgan fingerprint density at radius 1 is 1.04 bits per heavy atom. The van der Waals surface area contributed by atoms with Crippen LogP contribution in [0.3, 0.4) is 0 Å². The summed E-state index contributed by atoms with van der Waals surface area (Å²) in [5.41, 5.74) is 0.309. The molecule has 4 nitrogen and oxygen atoms in total. The number of ether oxygens (including phenoxy) is 2. The third-order valence-corrected chi connectivity index (χ3v) is 3.23. The second-order valence-electron chi connectivity index (χ2n) is 5.33. The lowest BCUT2D eigenvalue weighted by atomic mass is 10.2. The number of aryl methyl sites for hydroxylation is 1. The van der Waals surface area contributed by atoms with Crippen molar-refractivity contribution in [2.45, 2.75) is 13.1 Å². The van der Waals surface area contributed by atoms with Gasteiger partial charge < -0.3 is 14.8 Å². The number of carbonyl (C=O) groups is 1. The lowest BCUT2D eigenvalue weighted by Crippen LogP contribution is -2.32. The first-order chi connectivity index (χ1) is 11.8. The number of alkyl halides is 3. The zero-order valence-corrected chi connectivity index (χ0v) is 13.6. The molecule has 1 N–H and O–H groups in total. The predicted octanol–water partition coefficient (Wildman–Crippen LogP) is 3.59. The van der Waals surface area contributed by atoms with E-state index in [1.54, 1.807) is 0 Å². The van der Waals surface area contributed by atoms with Gasteiger partial charge in [0.15, 0.2) is 6.61 Å². The summed E-state index contributed by atoms with van der Waals surface area (Å²) in [6, 6.07) is 11.7. The van der Waals surface area contributed by atoms with Crippen molar-refractivity contribution in [1.82, 2.24) is 5.32 Å². The van der Waals surface area contributed by atoms with Gasteiger partial charge in [0.1, 0.15) is 18.1 Å². The zero-order chi connectivity index (χ0) is 18.3. The molecule has 0 saturated heterocycles. The van der Waals surface area contributed by atoms with E-state index in [9.17, 15) is 18.0 Å². The van der Waals surface area contributed by atoms with Crippen molar-refractivity contribution in [3.63, 3.8) is 0 Å². The van der Waals surface area contributed by atoms with Gasteiger partial charge in [0.05, 0.1) is 12.1 Å². The predicted molar refractivity (Wildman–Crippen MR) is 86.6 cm³/mol. The van der Waals surface area contributed by atoms with E-state index in [2.05, 4.69) is 5.32 Å². The van der Waals surface area contributed by atoms with Gasteiger partial charge in [-0.2, -0.15) is 13.2 Å². The number of rotatable bonds is 7. The van der Waals surface area contributed by atoms with Gasteiger partial charge in [-0.15, -0.1) is 0 Å². The van der Waals surface area contributed by atoms with Gasteiger partial charge >= 0.3 is 6.18 Å². The van der Waals surface area contributed by atoms with Crippen LogP contribution in [0.4, 0.5) is 13.2 Å². The molecule has 0 heterocycles. The Kier molecular flexibility index (Phi) is 6.27. The van der Waals surface area contributed by atoms with E-state index in [-0.39, 0.29) is 18.3 Å². The smallest absolute Gasteiger partial charge is 0.416 e. The molecule has 0 aliphatic rings. The Labute approximate surface area is 143 Å². The molecular weight excluding hydrogens is 335 g/mol. The Hall–Kier alpha value is -2.70. The topological polar surface area (TPSA) is 47.6 Å². The average Bonchev–Trinajstić information content (AvgIpc) is 2.56. The molecule has 0 fully saturated rings. The number of halogens is 3. The van der Waals surface area contributed by atoms with Crippen LogP contribution in [0.15, 0.2) is 48.5 Å². The van der Waals surface area contributed by atoms with Gasteiger partial charge in [-0.25, -0.2) is 0 Å². The van der Waals surface area contributed by atoms with Gasteiger partial charge in [-0.1, -0.05) is 12.1 Å². The summed E-state index contributed by atoms with van der Waals surface area (Å²) in [6.07, 6.45) is -4.40. The fourth-order valence-corrected chi connectivity index (χ4v) is 2.00. The van der Waals surface area contributed by atoms with E-state index in [1.165, 1.54) is 12.1 Å². The summed E-state index contributed by atoms with van der Waals surface area (Å²) in [7, 11) is 0. The third-order valence-electron chi connectivity index (χ3n) is 3.23. The van der Waals surface area contributed by atoms with Crippen LogP contribution in [0, 0.1) is 6.92 Å². The first kappa shape index (κ1) is 18.6. The molecule has 2 rings (SSSR count). The van der Waals surface area contributed by atoms with E-state index in [1.807, 2.05) is 31.2 Å². The fourth-order valence-electron chi connectivity index (χ4n) is 2.00. The highest BCUT2D eigenvalue weighted by molar-refractivity contribution is 5.77. The summed E-state index contributed by atoms with van der Waals surface area (Å²) in [6.45, 7) is 2.27. The highest BCUT2D eigenvalue weighted by Crippen LogP contribution is 2.30. The van der Waals surface area contributed by atoms with Crippen LogP contribution in [-0.4, -0.2) is 25.7 Å². The summed E-state index contributed by atoms with van der Waals surface area (Å²) in [5.74, 6) is 0.530. The maximum Gasteiger partial charge on any atom is 0.416 e. The summed E-state index contributed by atoms with van der Waals surface area (Å²) < 4.78 is 47.9. The first-order valence-corrected chi connectivity index (χ1v) is 7.61. The Morgan fingerprint density at radius 2 is 1.76 bits per heavy atom. The Balaban J connectivity index is 1.67. The SMILES string of the molecule is Cc1cccc(OCCNC(=O)COc2ccc(C(F)(F)F)cc2)c1. The van der Waals surface area contributed by atoms with Crippen LogP contribution in [0.2, 0.25) is 0 Å².